The number of thiazole rings is 1. The monoisotopic (exact) mass is 616 g/mol. The largest absolute Gasteiger partial charge is 0.497 e. The fourth-order valence-corrected chi connectivity index (χ4v) is 6.31. The van der Waals surface area contributed by atoms with Crippen LogP contribution in [0.3, 0.4) is 0 Å². The lowest BCUT2D eigenvalue weighted by Gasteiger charge is -2.27. The number of aromatic nitrogens is 1. The molecule has 1 atom stereocenters. The molecule has 10 nitrogen and oxygen atoms in total. The van der Waals surface area contributed by atoms with Crippen LogP contribution in [0.2, 0.25) is 0 Å². The van der Waals surface area contributed by atoms with Crippen LogP contribution in [0.1, 0.15) is 60.0 Å². The van der Waals surface area contributed by atoms with Gasteiger partial charge < -0.3 is 23.7 Å². The second-order valence-corrected chi connectivity index (χ2v) is 11.0. The van der Waals surface area contributed by atoms with Gasteiger partial charge in [-0.1, -0.05) is 36.8 Å². The molecule has 2 aromatic heterocycles. The van der Waals surface area contributed by atoms with E-state index in [1.165, 1.54) is 29.1 Å². The van der Waals surface area contributed by atoms with Gasteiger partial charge in [0.1, 0.15) is 29.1 Å². The van der Waals surface area contributed by atoms with E-state index >= 15 is 0 Å². The summed E-state index contributed by atoms with van der Waals surface area (Å²) in [6.45, 7) is 5.60. The molecular formula is C33H32N2O8S. The van der Waals surface area contributed by atoms with Crippen LogP contribution in [0.5, 0.6) is 11.5 Å². The average Bonchev–Trinajstić information content (AvgIpc) is 3.60. The summed E-state index contributed by atoms with van der Waals surface area (Å²) in [7, 11) is 3.07. The summed E-state index contributed by atoms with van der Waals surface area (Å²) in [5.74, 6) is 0.297. The number of carbonyl (C=O) groups excluding carboxylic acids is 1. The quantitative estimate of drug-likeness (QED) is 0.250. The fraction of sp³-hybridized carbons (Fsp3) is 0.273. The van der Waals surface area contributed by atoms with Crippen molar-refractivity contribution in [3.63, 3.8) is 0 Å². The second-order valence-electron chi connectivity index (χ2n) is 10.0. The molecule has 0 radical (unpaired) electrons. The number of aromatic carboxylic acids is 1. The van der Waals surface area contributed by atoms with Gasteiger partial charge in [-0.2, -0.15) is 0 Å². The number of benzene rings is 2. The predicted molar refractivity (Wildman–Crippen MR) is 165 cm³/mol. The van der Waals surface area contributed by atoms with Crippen LogP contribution in [0.25, 0.3) is 17.4 Å². The number of rotatable bonds is 10. The Kier molecular flexibility index (Phi) is 8.86. The van der Waals surface area contributed by atoms with E-state index in [2.05, 4.69) is 0 Å². The number of carboxylic acid groups (broad SMARTS) is 1. The van der Waals surface area contributed by atoms with Crippen LogP contribution in [0.15, 0.2) is 74.0 Å². The molecule has 1 N–H and O–H groups in total. The van der Waals surface area contributed by atoms with Gasteiger partial charge in [0.05, 0.1) is 42.2 Å². The Morgan fingerprint density at radius 2 is 1.91 bits per heavy atom. The second kappa shape index (κ2) is 12.8. The highest BCUT2D eigenvalue weighted by molar-refractivity contribution is 7.07. The molecule has 44 heavy (non-hydrogen) atoms. The highest BCUT2D eigenvalue weighted by Gasteiger charge is 2.36. The Morgan fingerprint density at radius 1 is 1.11 bits per heavy atom. The minimum atomic E-state index is -1.02. The number of furan rings is 1. The van der Waals surface area contributed by atoms with Gasteiger partial charge in [-0.25, -0.2) is 14.6 Å². The number of nitrogens with zero attached hydrogens (tertiary/aromatic N) is 2. The van der Waals surface area contributed by atoms with Crippen LogP contribution < -0.4 is 24.4 Å². The van der Waals surface area contributed by atoms with Crippen molar-refractivity contribution in [3.05, 3.63) is 102 Å². The standard InChI is InChI=1S/C33H32N2O8S/c1-6-9-24-28(32(39)42-7-2)29(23-16-19(40-4)12-14-25(23)41-5)35-30(36)27(44-33(35)34-24)17-20-13-15-26(43-20)21-10-8-11-22(18(21)3)31(37)38/h8,10-17,29H,6-7,9H2,1-5H3,(H,37,38)/b27-17-/t29-/m0/s1. The number of esters is 1. The smallest absolute Gasteiger partial charge is 0.338 e. The van der Waals surface area contributed by atoms with Gasteiger partial charge >= 0.3 is 11.9 Å². The maximum Gasteiger partial charge on any atom is 0.338 e. The number of carboxylic acids is 1. The van der Waals surface area contributed by atoms with E-state index in [4.69, 9.17) is 23.6 Å². The van der Waals surface area contributed by atoms with Crippen molar-refractivity contribution >= 4 is 29.4 Å². The van der Waals surface area contributed by atoms with Gasteiger partial charge in [-0.05, 0) is 62.2 Å². The first-order chi connectivity index (χ1) is 21.2. The molecule has 4 aromatic rings. The van der Waals surface area contributed by atoms with Gasteiger partial charge in [0.15, 0.2) is 4.80 Å². The van der Waals surface area contributed by atoms with Crippen molar-refractivity contribution in [1.82, 2.24) is 4.57 Å². The van der Waals surface area contributed by atoms with Gasteiger partial charge in [-0.15, -0.1) is 0 Å². The number of hydrogen-bond donors (Lipinski definition) is 1. The van der Waals surface area contributed by atoms with Crippen molar-refractivity contribution in [2.45, 2.75) is 39.7 Å². The number of carbonyl (C=O) groups is 2. The summed E-state index contributed by atoms with van der Waals surface area (Å²) >= 11 is 1.18. The van der Waals surface area contributed by atoms with E-state index in [0.717, 1.165) is 6.42 Å². The third-order valence-corrected chi connectivity index (χ3v) is 8.34. The number of hydrogen-bond acceptors (Lipinski definition) is 9. The molecule has 228 valence electrons. The highest BCUT2D eigenvalue weighted by atomic mass is 32.1. The predicted octanol–water partition coefficient (Wildman–Crippen LogP) is 4.86. The van der Waals surface area contributed by atoms with Crippen molar-refractivity contribution < 1.29 is 33.3 Å². The lowest BCUT2D eigenvalue weighted by Crippen LogP contribution is -2.40. The zero-order chi connectivity index (χ0) is 31.5. The summed E-state index contributed by atoms with van der Waals surface area (Å²) in [4.78, 5) is 44.5. The molecule has 3 heterocycles. The first kappa shape index (κ1) is 30.6. The molecule has 0 aliphatic carbocycles. The number of allylic oxidation sites excluding steroid dienone is 1. The third-order valence-electron chi connectivity index (χ3n) is 7.35. The summed E-state index contributed by atoms with van der Waals surface area (Å²) in [6, 6.07) is 12.8. The van der Waals surface area contributed by atoms with E-state index in [1.54, 1.807) is 69.5 Å². The molecule has 1 aliphatic rings. The summed E-state index contributed by atoms with van der Waals surface area (Å²) in [6.07, 6.45) is 2.84. The maximum atomic E-state index is 14.1. The van der Waals surface area contributed by atoms with Crippen LogP contribution in [0.4, 0.5) is 0 Å². The van der Waals surface area contributed by atoms with Crippen LogP contribution in [-0.4, -0.2) is 42.4 Å². The van der Waals surface area contributed by atoms with Crippen molar-refractivity contribution in [1.29, 1.82) is 0 Å². The van der Waals surface area contributed by atoms with E-state index in [1.807, 2.05) is 6.92 Å². The number of methoxy groups -OCH3 is 2. The van der Waals surface area contributed by atoms with Gasteiger partial charge in [0.2, 0.25) is 0 Å². The molecule has 11 heteroatoms. The molecule has 2 aromatic carbocycles. The molecule has 0 saturated carbocycles. The number of fused-ring (bicyclic) bond motifs is 1. The van der Waals surface area contributed by atoms with Gasteiger partial charge in [-0.3, -0.25) is 9.36 Å². The summed E-state index contributed by atoms with van der Waals surface area (Å²) < 4.78 is 24.5. The van der Waals surface area contributed by atoms with E-state index in [-0.39, 0.29) is 23.3 Å². The fourth-order valence-electron chi connectivity index (χ4n) is 5.31. The topological polar surface area (TPSA) is 130 Å². The van der Waals surface area contributed by atoms with Crippen LogP contribution in [-0.2, 0) is 9.53 Å². The zero-order valence-corrected chi connectivity index (χ0v) is 25.8. The van der Waals surface area contributed by atoms with Crippen LogP contribution >= 0.6 is 11.3 Å². The zero-order valence-electron chi connectivity index (χ0n) is 25.0. The summed E-state index contributed by atoms with van der Waals surface area (Å²) in [5.41, 5.74) is 2.39. The lowest BCUT2D eigenvalue weighted by atomic mass is 9.93. The highest BCUT2D eigenvalue weighted by Crippen LogP contribution is 2.39. The Morgan fingerprint density at radius 3 is 2.59 bits per heavy atom. The van der Waals surface area contributed by atoms with Crippen molar-refractivity contribution in [2.24, 2.45) is 4.99 Å². The Balaban J connectivity index is 1.71. The van der Waals surface area contributed by atoms with Crippen molar-refractivity contribution in [3.8, 4) is 22.8 Å². The molecule has 0 saturated heterocycles. The molecule has 5 rings (SSSR count). The summed E-state index contributed by atoms with van der Waals surface area (Å²) in [5, 5.41) is 9.52. The Bertz CT molecular complexity index is 1960. The third kappa shape index (κ3) is 5.58. The minimum absolute atomic E-state index is 0.157. The normalized spacial score (nSPS) is 14.7. The molecule has 0 fully saturated rings. The first-order valence-electron chi connectivity index (χ1n) is 14.1. The molecular weight excluding hydrogens is 584 g/mol. The van der Waals surface area contributed by atoms with Gasteiger partial charge in [0.25, 0.3) is 5.56 Å². The maximum absolute atomic E-state index is 14.1. The molecule has 0 bridgehead atoms. The van der Waals surface area contributed by atoms with E-state index in [0.29, 0.717) is 61.2 Å². The first-order valence-corrected chi connectivity index (χ1v) is 14.9. The van der Waals surface area contributed by atoms with E-state index in [9.17, 15) is 19.5 Å². The molecule has 0 amide bonds. The Labute approximate surface area is 257 Å². The van der Waals surface area contributed by atoms with Gasteiger partial charge in [0, 0.05) is 17.2 Å². The number of ether oxygens (including phenoxy) is 3. The average molecular weight is 617 g/mol. The van der Waals surface area contributed by atoms with E-state index < -0.39 is 18.0 Å². The Hall–Kier alpha value is -4.90. The minimum Gasteiger partial charge on any atom is -0.497 e. The van der Waals surface area contributed by atoms with Crippen molar-refractivity contribution in [2.75, 3.05) is 20.8 Å². The lowest BCUT2D eigenvalue weighted by molar-refractivity contribution is -0.139. The van der Waals surface area contributed by atoms with Crippen LogP contribution in [0, 0.1) is 6.92 Å². The molecule has 0 spiro atoms. The SMILES string of the molecule is CCCC1=C(C(=O)OCC)[C@H](c2cc(OC)ccc2OC)n2c(s/c(=C\c3ccc(-c4cccc(C(=O)O)c4C)o3)c2=O)=N1. The molecule has 1 aliphatic heterocycles. The molecule has 0 unspecified atom stereocenters.